The zero-order chi connectivity index (χ0) is 22.5. The van der Waals surface area contributed by atoms with E-state index in [-0.39, 0.29) is 11.9 Å². The van der Waals surface area contributed by atoms with Gasteiger partial charge in [-0.25, -0.2) is 9.37 Å². The highest BCUT2D eigenvalue weighted by molar-refractivity contribution is 5.60. The molecule has 2 aromatic rings. The van der Waals surface area contributed by atoms with Crippen LogP contribution in [0.15, 0.2) is 54.4 Å². The third-order valence-corrected chi connectivity index (χ3v) is 7.21. The Kier molecular flexibility index (Phi) is 7.49. The van der Waals surface area contributed by atoms with Crippen LogP contribution in [0.5, 0.6) is 5.88 Å². The average molecular weight is 437 g/mol. The van der Waals surface area contributed by atoms with Gasteiger partial charge >= 0.3 is 0 Å². The molecule has 0 spiro atoms. The van der Waals surface area contributed by atoms with Crippen LogP contribution in [0.25, 0.3) is 0 Å². The molecular formula is C28H37FN2O. The summed E-state index contributed by atoms with van der Waals surface area (Å²) in [6, 6.07) is 11.6. The SMILES string of the molecule is CC/C=C(\C1CCC(Oc2ccccn2)CC1)N1c2ccc(F)cc2CC(CC)C[C@H]1C. The molecule has 1 aromatic heterocycles. The summed E-state index contributed by atoms with van der Waals surface area (Å²) < 4.78 is 20.3. The molecule has 1 aromatic carbocycles. The number of hydrogen-bond donors (Lipinski definition) is 0. The van der Waals surface area contributed by atoms with E-state index in [0.717, 1.165) is 62.8 Å². The minimum atomic E-state index is -0.124. The first-order valence-corrected chi connectivity index (χ1v) is 12.4. The standard InChI is InChI=1S/C28H37FN2O/c1-4-8-26(22-10-13-25(14-11-22)32-28-9-6-7-16-30-28)31-20(3)17-21(5-2)18-23-19-24(29)12-15-27(23)31/h6-9,12,15-16,19-22,25H,4-5,10-11,13-14,17-18H2,1-3H3/b26-8+/t20-,21?,22?,25?/m1/s1. The Balaban J connectivity index is 1.55. The largest absolute Gasteiger partial charge is 0.474 e. The van der Waals surface area contributed by atoms with Gasteiger partial charge in [-0.2, -0.15) is 0 Å². The van der Waals surface area contributed by atoms with E-state index in [1.165, 1.54) is 11.4 Å². The van der Waals surface area contributed by atoms with E-state index < -0.39 is 0 Å². The number of hydrogen-bond acceptors (Lipinski definition) is 3. The molecule has 1 aliphatic carbocycles. The first kappa shape index (κ1) is 22.8. The van der Waals surface area contributed by atoms with Gasteiger partial charge in [-0.3, -0.25) is 0 Å². The van der Waals surface area contributed by atoms with Crippen LogP contribution in [-0.2, 0) is 6.42 Å². The zero-order valence-corrected chi connectivity index (χ0v) is 19.8. The third kappa shape index (κ3) is 5.16. The monoisotopic (exact) mass is 436 g/mol. The molecular weight excluding hydrogens is 399 g/mol. The van der Waals surface area contributed by atoms with E-state index in [1.54, 1.807) is 18.3 Å². The van der Waals surface area contributed by atoms with Crippen LogP contribution >= 0.6 is 0 Å². The minimum Gasteiger partial charge on any atom is -0.474 e. The quantitative estimate of drug-likeness (QED) is 0.474. The summed E-state index contributed by atoms with van der Waals surface area (Å²) in [5.74, 6) is 1.71. The molecule has 3 nitrogen and oxygen atoms in total. The Morgan fingerprint density at radius 3 is 2.66 bits per heavy atom. The molecule has 0 radical (unpaired) electrons. The van der Waals surface area contributed by atoms with Crippen molar-refractivity contribution in [3.8, 4) is 5.88 Å². The number of fused-ring (bicyclic) bond motifs is 1. The van der Waals surface area contributed by atoms with Gasteiger partial charge in [0.15, 0.2) is 0 Å². The van der Waals surface area contributed by atoms with E-state index in [1.807, 2.05) is 24.3 Å². The van der Waals surface area contributed by atoms with Gasteiger partial charge in [-0.05, 0) is 93.5 Å². The first-order chi connectivity index (χ1) is 15.6. The van der Waals surface area contributed by atoms with Crippen LogP contribution < -0.4 is 9.64 Å². The van der Waals surface area contributed by atoms with Gasteiger partial charge in [0.2, 0.25) is 5.88 Å². The Morgan fingerprint density at radius 1 is 1.16 bits per heavy atom. The van der Waals surface area contributed by atoms with Gasteiger partial charge in [-0.1, -0.05) is 32.4 Å². The van der Waals surface area contributed by atoms with Crippen molar-refractivity contribution >= 4 is 5.69 Å². The van der Waals surface area contributed by atoms with Gasteiger partial charge in [0.25, 0.3) is 0 Å². The average Bonchev–Trinajstić information content (AvgIpc) is 2.94. The molecule has 32 heavy (non-hydrogen) atoms. The summed E-state index contributed by atoms with van der Waals surface area (Å²) in [5, 5.41) is 0. The molecule has 0 bridgehead atoms. The third-order valence-electron chi connectivity index (χ3n) is 7.21. The lowest BCUT2D eigenvalue weighted by atomic mass is 9.83. The van der Waals surface area contributed by atoms with Gasteiger partial charge in [0, 0.05) is 29.7 Å². The number of allylic oxidation sites excluding steroid dienone is 2. The molecule has 2 atom stereocenters. The summed E-state index contributed by atoms with van der Waals surface area (Å²) >= 11 is 0. The minimum absolute atomic E-state index is 0.124. The summed E-state index contributed by atoms with van der Waals surface area (Å²) in [6.45, 7) is 6.83. The maximum Gasteiger partial charge on any atom is 0.213 e. The maximum atomic E-state index is 14.2. The fourth-order valence-electron chi connectivity index (χ4n) is 5.61. The number of pyridine rings is 1. The molecule has 1 aliphatic heterocycles. The summed E-state index contributed by atoms with van der Waals surface area (Å²) in [7, 11) is 0. The highest BCUT2D eigenvalue weighted by atomic mass is 19.1. The zero-order valence-electron chi connectivity index (χ0n) is 19.8. The second kappa shape index (κ2) is 10.5. The van der Waals surface area contributed by atoms with E-state index in [0.29, 0.717) is 17.9 Å². The van der Waals surface area contributed by atoms with Crippen LogP contribution in [0.2, 0.25) is 0 Å². The lowest BCUT2D eigenvalue weighted by Crippen LogP contribution is -2.37. The number of rotatable bonds is 6. The lowest BCUT2D eigenvalue weighted by molar-refractivity contribution is 0.132. The Morgan fingerprint density at radius 2 is 1.97 bits per heavy atom. The molecule has 2 aliphatic rings. The van der Waals surface area contributed by atoms with Crippen molar-refractivity contribution in [2.75, 3.05) is 4.90 Å². The van der Waals surface area contributed by atoms with Crippen molar-refractivity contribution in [3.63, 3.8) is 0 Å². The molecule has 0 saturated heterocycles. The fourth-order valence-corrected chi connectivity index (χ4v) is 5.61. The van der Waals surface area contributed by atoms with Crippen LogP contribution in [0.1, 0.15) is 71.3 Å². The number of aromatic nitrogens is 1. The molecule has 1 unspecified atom stereocenters. The van der Waals surface area contributed by atoms with Gasteiger partial charge < -0.3 is 9.64 Å². The Bertz CT molecular complexity index is 905. The second-order valence-electron chi connectivity index (χ2n) is 9.50. The van der Waals surface area contributed by atoms with Gasteiger partial charge in [0.05, 0.1) is 0 Å². The smallest absolute Gasteiger partial charge is 0.213 e. The van der Waals surface area contributed by atoms with E-state index in [9.17, 15) is 4.39 Å². The number of nitrogens with zero attached hydrogens (tertiary/aromatic N) is 2. The lowest BCUT2D eigenvalue weighted by Gasteiger charge is -2.40. The number of halogens is 1. The predicted molar refractivity (Wildman–Crippen MR) is 129 cm³/mol. The highest BCUT2D eigenvalue weighted by Gasteiger charge is 2.33. The van der Waals surface area contributed by atoms with E-state index >= 15 is 0 Å². The molecule has 0 N–H and O–H groups in total. The predicted octanol–water partition coefficient (Wildman–Crippen LogP) is 7.32. The van der Waals surface area contributed by atoms with Gasteiger partial charge in [-0.15, -0.1) is 0 Å². The first-order valence-electron chi connectivity index (χ1n) is 12.4. The van der Waals surface area contributed by atoms with Crippen LogP contribution in [0.3, 0.4) is 0 Å². The fraction of sp³-hybridized carbons (Fsp3) is 0.536. The number of ether oxygens (including phenoxy) is 1. The normalized spacial score (nSPS) is 26.4. The Hall–Kier alpha value is -2.36. The van der Waals surface area contributed by atoms with Crippen LogP contribution in [0.4, 0.5) is 10.1 Å². The van der Waals surface area contributed by atoms with Gasteiger partial charge in [0.1, 0.15) is 11.9 Å². The van der Waals surface area contributed by atoms with Crippen molar-refractivity contribution < 1.29 is 9.13 Å². The number of anilines is 1. The van der Waals surface area contributed by atoms with Crippen LogP contribution in [0, 0.1) is 17.7 Å². The van der Waals surface area contributed by atoms with Crippen molar-refractivity contribution in [2.24, 2.45) is 11.8 Å². The summed E-state index contributed by atoms with van der Waals surface area (Å²) in [5.41, 5.74) is 3.80. The molecule has 0 amide bonds. The van der Waals surface area contributed by atoms with Crippen molar-refractivity contribution in [1.82, 2.24) is 4.98 Å². The molecule has 2 heterocycles. The van der Waals surface area contributed by atoms with Crippen LogP contribution in [-0.4, -0.2) is 17.1 Å². The van der Waals surface area contributed by atoms with Crippen molar-refractivity contribution in [1.29, 1.82) is 0 Å². The van der Waals surface area contributed by atoms with E-state index in [4.69, 9.17) is 4.74 Å². The topological polar surface area (TPSA) is 25.4 Å². The second-order valence-corrected chi connectivity index (χ2v) is 9.50. The summed E-state index contributed by atoms with van der Waals surface area (Å²) in [6.07, 6.45) is 13.0. The molecule has 1 saturated carbocycles. The molecule has 4 rings (SSSR count). The molecule has 4 heteroatoms. The highest BCUT2D eigenvalue weighted by Crippen LogP contribution is 2.41. The summed E-state index contributed by atoms with van der Waals surface area (Å²) in [4.78, 5) is 6.88. The number of benzene rings is 1. The maximum absolute atomic E-state index is 14.2. The Labute approximate surface area is 192 Å². The van der Waals surface area contributed by atoms with Crippen molar-refractivity contribution in [3.05, 3.63) is 65.7 Å². The van der Waals surface area contributed by atoms with E-state index in [2.05, 4.69) is 36.7 Å². The molecule has 1 fully saturated rings. The molecule has 172 valence electrons. The van der Waals surface area contributed by atoms with Crippen molar-refractivity contribution in [2.45, 2.75) is 84.3 Å².